The van der Waals surface area contributed by atoms with E-state index in [0.717, 1.165) is 25.1 Å². The van der Waals surface area contributed by atoms with Crippen LogP contribution >= 0.6 is 11.6 Å². The van der Waals surface area contributed by atoms with Crippen LogP contribution in [0.15, 0.2) is 18.2 Å². The van der Waals surface area contributed by atoms with Crippen LogP contribution in [0.25, 0.3) is 0 Å². The Bertz CT molecular complexity index is 484. The van der Waals surface area contributed by atoms with E-state index >= 15 is 0 Å². The van der Waals surface area contributed by atoms with Gasteiger partial charge in [-0.05, 0) is 24.0 Å². The van der Waals surface area contributed by atoms with E-state index in [9.17, 15) is 4.39 Å². The van der Waals surface area contributed by atoms with Crippen molar-refractivity contribution < 1.29 is 4.39 Å². The van der Waals surface area contributed by atoms with E-state index in [1.54, 1.807) is 12.1 Å². The molecule has 1 aromatic rings. The lowest BCUT2D eigenvalue weighted by Gasteiger charge is -2.46. The van der Waals surface area contributed by atoms with Gasteiger partial charge in [-0.3, -0.25) is 4.90 Å². The van der Waals surface area contributed by atoms with Gasteiger partial charge >= 0.3 is 0 Å². The fraction of sp³-hybridized carbons (Fsp3) is 0.647. The third-order valence-electron chi connectivity index (χ3n) is 4.38. The molecule has 1 aliphatic heterocycles. The lowest BCUT2D eigenvalue weighted by molar-refractivity contribution is 0.0477. The van der Waals surface area contributed by atoms with Gasteiger partial charge in [-0.2, -0.15) is 0 Å². The highest BCUT2D eigenvalue weighted by atomic mass is 35.5. The van der Waals surface area contributed by atoms with E-state index in [2.05, 4.69) is 37.9 Å². The number of rotatable bonds is 3. The summed E-state index contributed by atoms with van der Waals surface area (Å²) in [6.07, 6.45) is 1.09. The Kier molecular flexibility index (Phi) is 5.29. The number of nitrogens with one attached hydrogen (secondary N) is 1. The monoisotopic (exact) mass is 312 g/mol. The fourth-order valence-corrected chi connectivity index (χ4v) is 3.21. The van der Waals surface area contributed by atoms with Crippen LogP contribution in [0.5, 0.6) is 0 Å². The van der Waals surface area contributed by atoms with Crippen LogP contribution in [-0.4, -0.2) is 30.1 Å². The molecule has 2 unspecified atom stereocenters. The van der Waals surface area contributed by atoms with Gasteiger partial charge in [0.2, 0.25) is 0 Å². The minimum absolute atomic E-state index is 0.161. The first-order valence-electron chi connectivity index (χ1n) is 7.72. The second-order valence-corrected chi connectivity index (χ2v) is 7.50. The normalized spacial score (nSPS) is 24.3. The topological polar surface area (TPSA) is 15.3 Å². The van der Waals surface area contributed by atoms with Crippen molar-refractivity contribution >= 4 is 11.6 Å². The Hall–Kier alpha value is -0.640. The molecule has 2 atom stereocenters. The molecule has 0 radical (unpaired) electrons. The van der Waals surface area contributed by atoms with Gasteiger partial charge in [-0.1, -0.05) is 45.4 Å². The van der Waals surface area contributed by atoms with Crippen molar-refractivity contribution in [3.63, 3.8) is 0 Å². The number of hydrogen-bond donors (Lipinski definition) is 1. The highest BCUT2D eigenvalue weighted by molar-refractivity contribution is 6.30. The Morgan fingerprint density at radius 2 is 2.10 bits per heavy atom. The maximum Gasteiger partial charge on any atom is 0.129 e. The first-order valence-corrected chi connectivity index (χ1v) is 8.10. The van der Waals surface area contributed by atoms with Gasteiger partial charge in [0, 0.05) is 42.3 Å². The number of benzene rings is 1. The molecule has 21 heavy (non-hydrogen) atoms. The van der Waals surface area contributed by atoms with Crippen LogP contribution in [0, 0.1) is 11.2 Å². The molecule has 2 nitrogen and oxygen atoms in total. The van der Waals surface area contributed by atoms with Crippen LogP contribution in [-0.2, 0) is 6.54 Å². The standard InChI is InChI=1S/C17H26ClFN2/c1-5-14-11-21(16(9-20-14)17(2,3)4)10-12-6-7-13(18)8-15(12)19/h6-8,14,16,20H,5,9-11H2,1-4H3. The van der Waals surface area contributed by atoms with Crippen molar-refractivity contribution in [1.29, 1.82) is 0 Å². The molecule has 0 aromatic heterocycles. The molecule has 1 heterocycles. The summed E-state index contributed by atoms with van der Waals surface area (Å²) in [7, 11) is 0. The molecule has 0 aliphatic carbocycles. The molecule has 2 rings (SSSR count). The SMILES string of the molecule is CCC1CN(Cc2ccc(Cl)cc2F)C(C(C)(C)C)CN1. The molecule has 0 spiro atoms. The fourth-order valence-electron chi connectivity index (χ4n) is 3.05. The van der Waals surface area contributed by atoms with Gasteiger partial charge in [0.1, 0.15) is 5.82 Å². The van der Waals surface area contributed by atoms with Crippen molar-refractivity contribution in [3.8, 4) is 0 Å². The summed E-state index contributed by atoms with van der Waals surface area (Å²) in [5.41, 5.74) is 0.889. The van der Waals surface area contributed by atoms with Crippen molar-refractivity contribution in [2.75, 3.05) is 13.1 Å². The summed E-state index contributed by atoms with van der Waals surface area (Å²) >= 11 is 5.84. The molecule has 1 aliphatic rings. The first-order chi connectivity index (χ1) is 9.81. The van der Waals surface area contributed by atoms with Crippen LogP contribution in [0.4, 0.5) is 4.39 Å². The zero-order chi connectivity index (χ0) is 15.6. The molecule has 0 saturated carbocycles. The molecular weight excluding hydrogens is 287 g/mol. The Balaban J connectivity index is 2.19. The third kappa shape index (κ3) is 4.18. The van der Waals surface area contributed by atoms with Crippen LogP contribution < -0.4 is 5.32 Å². The smallest absolute Gasteiger partial charge is 0.129 e. The predicted octanol–water partition coefficient (Wildman–Crippen LogP) is 4.08. The molecule has 0 amide bonds. The van der Waals surface area contributed by atoms with E-state index in [-0.39, 0.29) is 11.2 Å². The maximum atomic E-state index is 14.1. The van der Waals surface area contributed by atoms with E-state index in [1.165, 1.54) is 6.07 Å². The van der Waals surface area contributed by atoms with Gasteiger partial charge in [0.05, 0.1) is 0 Å². The third-order valence-corrected chi connectivity index (χ3v) is 4.61. The summed E-state index contributed by atoms with van der Waals surface area (Å²) in [6.45, 7) is 11.5. The van der Waals surface area contributed by atoms with E-state index in [0.29, 0.717) is 23.7 Å². The van der Waals surface area contributed by atoms with Gasteiger partial charge in [-0.15, -0.1) is 0 Å². The average Bonchev–Trinajstić information content (AvgIpc) is 2.40. The largest absolute Gasteiger partial charge is 0.311 e. The van der Waals surface area contributed by atoms with Crippen molar-refractivity contribution in [1.82, 2.24) is 10.2 Å². The van der Waals surface area contributed by atoms with Crippen molar-refractivity contribution in [3.05, 3.63) is 34.6 Å². The Morgan fingerprint density at radius 1 is 1.38 bits per heavy atom. The van der Waals surface area contributed by atoms with Crippen molar-refractivity contribution in [2.45, 2.75) is 52.7 Å². The number of nitrogens with zero attached hydrogens (tertiary/aromatic N) is 1. The summed E-state index contributed by atoms with van der Waals surface area (Å²) in [5.74, 6) is -0.207. The maximum absolute atomic E-state index is 14.1. The highest BCUT2D eigenvalue weighted by Crippen LogP contribution is 2.29. The minimum atomic E-state index is -0.207. The van der Waals surface area contributed by atoms with Gasteiger partial charge in [-0.25, -0.2) is 4.39 Å². The molecule has 118 valence electrons. The van der Waals surface area contributed by atoms with Gasteiger partial charge < -0.3 is 5.32 Å². The van der Waals surface area contributed by atoms with Crippen LogP contribution in [0.1, 0.15) is 39.7 Å². The number of piperazine rings is 1. The van der Waals surface area contributed by atoms with Gasteiger partial charge in [0.25, 0.3) is 0 Å². The zero-order valence-electron chi connectivity index (χ0n) is 13.4. The average molecular weight is 313 g/mol. The lowest BCUT2D eigenvalue weighted by atomic mass is 9.83. The lowest BCUT2D eigenvalue weighted by Crippen LogP contribution is -2.60. The molecule has 1 fully saturated rings. The molecule has 1 N–H and O–H groups in total. The summed E-state index contributed by atoms with van der Waals surface area (Å²) in [4.78, 5) is 2.41. The first kappa shape index (κ1) is 16.7. The Labute approximate surface area is 132 Å². The van der Waals surface area contributed by atoms with E-state index in [4.69, 9.17) is 11.6 Å². The van der Waals surface area contributed by atoms with Crippen LogP contribution in [0.3, 0.4) is 0 Å². The quantitative estimate of drug-likeness (QED) is 0.905. The predicted molar refractivity (Wildman–Crippen MR) is 87.1 cm³/mol. The van der Waals surface area contributed by atoms with E-state index in [1.807, 2.05) is 0 Å². The number of hydrogen-bond acceptors (Lipinski definition) is 2. The zero-order valence-corrected chi connectivity index (χ0v) is 14.2. The molecule has 4 heteroatoms. The second kappa shape index (κ2) is 6.64. The van der Waals surface area contributed by atoms with Gasteiger partial charge in [0.15, 0.2) is 0 Å². The van der Waals surface area contributed by atoms with Crippen molar-refractivity contribution in [2.24, 2.45) is 5.41 Å². The summed E-state index contributed by atoms with van der Waals surface area (Å²) in [6, 6.07) is 5.86. The Morgan fingerprint density at radius 3 is 2.67 bits per heavy atom. The molecule has 0 bridgehead atoms. The minimum Gasteiger partial charge on any atom is -0.311 e. The summed E-state index contributed by atoms with van der Waals surface area (Å²) < 4.78 is 14.1. The molecule has 1 aromatic carbocycles. The summed E-state index contributed by atoms with van der Waals surface area (Å²) in [5, 5.41) is 4.06. The van der Waals surface area contributed by atoms with E-state index < -0.39 is 0 Å². The molecular formula is C17H26ClFN2. The second-order valence-electron chi connectivity index (χ2n) is 7.06. The van der Waals surface area contributed by atoms with Crippen LogP contribution in [0.2, 0.25) is 5.02 Å². The number of halogens is 2. The molecule has 1 saturated heterocycles. The highest BCUT2D eigenvalue weighted by Gasteiger charge is 2.35.